The van der Waals surface area contributed by atoms with Crippen LogP contribution >= 0.6 is 23.4 Å². The molecule has 2 heterocycles. The summed E-state index contributed by atoms with van der Waals surface area (Å²) in [4.78, 5) is 28.6. The summed E-state index contributed by atoms with van der Waals surface area (Å²) in [7, 11) is 0. The van der Waals surface area contributed by atoms with Gasteiger partial charge in [0, 0.05) is 17.2 Å². The summed E-state index contributed by atoms with van der Waals surface area (Å²) in [6, 6.07) is 10.3. The van der Waals surface area contributed by atoms with Gasteiger partial charge in [0.05, 0.1) is 16.3 Å². The topological polar surface area (TPSA) is 60.7 Å². The number of hydrogen-bond acceptors (Lipinski definition) is 5. The zero-order chi connectivity index (χ0) is 18.7. The number of aromatic nitrogens is 2. The molecule has 3 rings (SSSR count). The fourth-order valence-electron chi connectivity index (χ4n) is 2.25. The number of ether oxygens (including phenoxy) is 1. The Morgan fingerprint density at radius 1 is 1.27 bits per heavy atom. The maximum atomic E-state index is 12.6. The molecule has 0 N–H and O–H groups in total. The number of fused-ring (bicyclic) bond motifs is 1. The summed E-state index contributed by atoms with van der Waals surface area (Å²) in [6.07, 6.45) is 1.43. The number of pyridine rings is 1. The first-order chi connectivity index (χ1) is 12.4. The summed E-state index contributed by atoms with van der Waals surface area (Å²) >= 11 is 6.10. The highest BCUT2D eigenvalue weighted by atomic mass is 35.5. The zero-order valence-corrected chi connectivity index (χ0v) is 14.6. The van der Waals surface area contributed by atoms with Crippen molar-refractivity contribution in [3.05, 3.63) is 75.3 Å². The van der Waals surface area contributed by atoms with E-state index in [4.69, 9.17) is 16.3 Å². The molecule has 1 aromatic carbocycles. The molecule has 2 aromatic heterocycles. The van der Waals surface area contributed by atoms with Gasteiger partial charge in [-0.3, -0.25) is 9.20 Å². The van der Waals surface area contributed by atoms with E-state index in [1.807, 2.05) is 0 Å². The average Bonchev–Trinajstić information content (AvgIpc) is 2.60. The van der Waals surface area contributed by atoms with E-state index in [1.54, 1.807) is 24.3 Å². The Hall–Kier alpha value is -2.45. The molecule has 0 radical (unpaired) electrons. The molecule has 0 aliphatic rings. The lowest BCUT2D eigenvalue weighted by Crippen LogP contribution is -2.16. The minimum Gasteiger partial charge on any atom is -0.456 e. The maximum Gasteiger partial charge on any atom is 0.339 e. The van der Waals surface area contributed by atoms with Crippen LogP contribution < -0.4 is 5.56 Å². The van der Waals surface area contributed by atoms with Crippen LogP contribution in [-0.2, 0) is 11.3 Å². The average molecular weight is 397 g/mol. The molecule has 5 nitrogen and oxygen atoms in total. The Labute approximate surface area is 155 Å². The van der Waals surface area contributed by atoms with Gasteiger partial charge in [-0.25, -0.2) is 9.78 Å². The molecule has 0 spiro atoms. The van der Waals surface area contributed by atoms with E-state index in [2.05, 4.69) is 4.98 Å². The maximum absolute atomic E-state index is 12.6. The molecule has 0 atom stereocenters. The van der Waals surface area contributed by atoms with Crippen molar-refractivity contribution in [3.63, 3.8) is 0 Å². The predicted octanol–water partition coefficient (Wildman–Crippen LogP) is 4.02. The summed E-state index contributed by atoms with van der Waals surface area (Å²) in [6.45, 7) is -0.263. The van der Waals surface area contributed by atoms with Crippen LogP contribution in [0.4, 0.5) is 8.78 Å². The first-order valence-corrected chi connectivity index (χ1v) is 8.58. The van der Waals surface area contributed by atoms with Crippen molar-refractivity contribution < 1.29 is 18.3 Å². The highest BCUT2D eigenvalue weighted by Gasteiger charge is 2.16. The Balaban J connectivity index is 1.79. The number of hydrogen-bond donors (Lipinski definition) is 0. The van der Waals surface area contributed by atoms with E-state index in [0.29, 0.717) is 10.7 Å². The molecule has 9 heteroatoms. The van der Waals surface area contributed by atoms with E-state index in [-0.39, 0.29) is 40.1 Å². The van der Waals surface area contributed by atoms with E-state index in [9.17, 15) is 18.4 Å². The molecule has 0 amide bonds. The fraction of sp³-hybridized carbons (Fsp3) is 0.118. The van der Waals surface area contributed by atoms with Gasteiger partial charge in [-0.1, -0.05) is 35.5 Å². The van der Waals surface area contributed by atoms with Gasteiger partial charge in [-0.15, -0.1) is 0 Å². The van der Waals surface area contributed by atoms with Crippen molar-refractivity contribution in [2.24, 2.45) is 0 Å². The van der Waals surface area contributed by atoms with Crippen LogP contribution in [0.3, 0.4) is 0 Å². The van der Waals surface area contributed by atoms with Crippen LogP contribution in [-0.4, -0.2) is 21.1 Å². The molecule has 134 valence electrons. The lowest BCUT2D eigenvalue weighted by Gasteiger charge is -2.09. The van der Waals surface area contributed by atoms with Crippen molar-refractivity contribution in [1.29, 1.82) is 0 Å². The Morgan fingerprint density at radius 2 is 2.04 bits per heavy atom. The molecule has 0 aliphatic heterocycles. The van der Waals surface area contributed by atoms with Gasteiger partial charge < -0.3 is 4.74 Å². The SMILES string of the molecule is O=C(OCc1cc(=O)n2cc(Cl)ccc2n1)c1ccccc1SC(F)F. The molecular weight excluding hydrogens is 386 g/mol. The van der Waals surface area contributed by atoms with Gasteiger partial charge >= 0.3 is 5.97 Å². The number of thioether (sulfide) groups is 1. The van der Waals surface area contributed by atoms with Gasteiger partial charge in [0.25, 0.3) is 11.3 Å². The highest BCUT2D eigenvalue weighted by molar-refractivity contribution is 7.99. The van der Waals surface area contributed by atoms with Crippen molar-refractivity contribution in [2.45, 2.75) is 17.3 Å². The second kappa shape index (κ2) is 7.84. The number of carbonyl (C=O) groups excluding carboxylic acids is 1. The number of rotatable bonds is 5. The fourth-order valence-corrected chi connectivity index (χ4v) is 3.04. The highest BCUT2D eigenvalue weighted by Crippen LogP contribution is 2.28. The number of benzene rings is 1. The molecular formula is C17H11ClF2N2O3S. The normalized spacial score (nSPS) is 11.1. The second-order valence-electron chi connectivity index (χ2n) is 5.11. The smallest absolute Gasteiger partial charge is 0.339 e. The Bertz CT molecular complexity index is 1030. The summed E-state index contributed by atoms with van der Waals surface area (Å²) in [5.41, 5.74) is 0.241. The molecule has 0 aliphatic carbocycles. The quantitative estimate of drug-likeness (QED) is 0.481. The van der Waals surface area contributed by atoms with Crippen LogP contribution in [0.5, 0.6) is 0 Å². The van der Waals surface area contributed by atoms with E-state index in [1.165, 1.54) is 28.8 Å². The van der Waals surface area contributed by atoms with Gasteiger partial charge in [0.2, 0.25) is 0 Å². The standard InChI is InChI=1S/C17H11ClF2N2O3S/c18-10-5-6-14-21-11(7-15(23)22(14)8-10)9-25-16(24)12-3-1-2-4-13(12)26-17(19)20/h1-8,17H,9H2. The third-order valence-electron chi connectivity index (χ3n) is 3.35. The third kappa shape index (κ3) is 4.20. The van der Waals surface area contributed by atoms with E-state index in [0.717, 1.165) is 0 Å². The molecule has 0 saturated heterocycles. The largest absolute Gasteiger partial charge is 0.456 e. The van der Waals surface area contributed by atoms with E-state index < -0.39 is 11.7 Å². The van der Waals surface area contributed by atoms with E-state index >= 15 is 0 Å². The lowest BCUT2D eigenvalue weighted by molar-refractivity contribution is 0.0463. The number of halogens is 3. The third-order valence-corrected chi connectivity index (χ3v) is 4.36. The van der Waals surface area contributed by atoms with Crippen LogP contribution in [0, 0.1) is 0 Å². The minimum atomic E-state index is -2.65. The number of carbonyl (C=O) groups is 1. The summed E-state index contributed by atoms with van der Waals surface area (Å²) < 4.78 is 31.6. The Morgan fingerprint density at radius 3 is 2.81 bits per heavy atom. The number of alkyl halides is 2. The predicted molar refractivity (Wildman–Crippen MR) is 93.9 cm³/mol. The van der Waals surface area contributed by atoms with Gasteiger partial charge in [0.15, 0.2) is 0 Å². The van der Waals surface area contributed by atoms with Crippen LogP contribution in [0.2, 0.25) is 5.02 Å². The molecule has 26 heavy (non-hydrogen) atoms. The van der Waals surface area contributed by atoms with Crippen molar-refractivity contribution in [2.75, 3.05) is 0 Å². The first-order valence-electron chi connectivity index (χ1n) is 7.33. The molecule has 0 saturated carbocycles. The van der Waals surface area contributed by atoms with Gasteiger partial charge in [-0.05, 0) is 24.3 Å². The lowest BCUT2D eigenvalue weighted by atomic mass is 10.2. The molecule has 0 unspecified atom stereocenters. The second-order valence-corrected chi connectivity index (χ2v) is 6.58. The number of nitrogens with zero attached hydrogens (tertiary/aromatic N) is 2. The van der Waals surface area contributed by atoms with Crippen LogP contribution in [0.25, 0.3) is 5.65 Å². The van der Waals surface area contributed by atoms with Crippen LogP contribution in [0.15, 0.2) is 58.4 Å². The van der Waals surface area contributed by atoms with Crippen molar-refractivity contribution >= 4 is 35.0 Å². The summed E-state index contributed by atoms with van der Waals surface area (Å²) in [5, 5.41) is 0.383. The Kier molecular flexibility index (Phi) is 5.53. The number of esters is 1. The molecule has 0 bridgehead atoms. The van der Waals surface area contributed by atoms with Crippen molar-refractivity contribution in [1.82, 2.24) is 9.38 Å². The first kappa shape index (κ1) is 18.3. The molecule has 3 aromatic rings. The van der Waals surface area contributed by atoms with Crippen molar-refractivity contribution in [3.8, 4) is 0 Å². The molecule has 0 fully saturated rings. The summed E-state index contributed by atoms with van der Waals surface area (Å²) in [5.74, 6) is -3.43. The van der Waals surface area contributed by atoms with Gasteiger partial charge in [0.1, 0.15) is 12.3 Å². The zero-order valence-electron chi connectivity index (χ0n) is 13.1. The van der Waals surface area contributed by atoms with Crippen LogP contribution in [0.1, 0.15) is 16.1 Å². The van der Waals surface area contributed by atoms with Gasteiger partial charge in [-0.2, -0.15) is 8.78 Å². The monoisotopic (exact) mass is 396 g/mol. The minimum absolute atomic E-state index is 0.0297.